The van der Waals surface area contributed by atoms with Gasteiger partial charge in [-0.05, 0) is 12.1 Å². The molecule has 17 heavy (non-hydrogen) atoms. The molecule has 1 aliphatic heterocycles. The van der Waals surface area contributed by atoms with Gasteiger partial charge in [-0.15, -0.1) is 0 Å². The van der Waals surface area contributed by atoms with Crippen LogP contribution in [0.25, 0.3) is 0 Å². The quantitative estimate of drug-likeness (QED) is 0.724. The number of hydrogen-bond donors (Lipinski definition) is 0. The monoisotopic (exact) mass is 221 g/mol. The van der Waals surface area contributed by atoms with E-state index < -0.39 is 0 Å². The maximum atomic E-state index is 4.24. The molecule has 0 unspecified atom stereocenters. The van der Waals surface area contributed by atoms with Crippen LogP contribution in [0.2, 0.25) is 0 Å². The maximum Gasteiger partial charge on any atom is 0.401 e. The number of aromatic nitrogens is 2. The number of rotatable bonds is 2. The summed E-state index contributed by atoms with van der Waals surface area (Å²) >= 11 is 0. The van der Waals surface area contributed by atoms with E-state index in [1.165, 1.54) is 0 Å². The summed E-state index contributed by atoms with van der Waals surface area (Å²) in [6.45, 7) is 0. The number of para-hydroxylation sites is 1. The molecular formula is C12H10BN4. The van der Waals surface area contributed by atoms with Crippen molar-refractivity contribution in [3.63, 3.8) is 0 Å². The average Bonchev–Trinajstić information content (AvgIpc) is 2.90. The van der Waals surface area contributed by atoms with Gasteiger partial charge in [0.1, 0.15) is 5.82 Å². The maximum absolute atomic E-state index is 4.24. The fraction of sp³-hybridized carbons (Fsp3) is 0. The van der Waals surface area contributed by atoms with E-state index in [1.807, 2.05) is 47.8 Å². The lowest BCUT2D eigenvalue weighted by Gasteiger charge is -2.17. The summed E-state index contributed by atoms with van der Waals surface area (Å²) in [5.74, 6) is 0.808. The second kappa shape index (κ2) is 4.29. The van der Waals surface area contributed by atoms with E-state index in [1.54, 1.807) is 18.6 Å². The van der Waals surface area contributed by atoms with Crippen LogP contribution in [0.1, 0.15) is 0 Å². The topological polar surface area (TPSA) is 32.3 Å². The first-order valence-electron chi connectivity index (χ1n) is 5.34. The molecule has 0 amide bonds. The van der Waals surface area contributed by atoms with Crippen molar-refractivity contribution in [2.75, 3.05) is 9.62 Å². The summed E-state index contributed by atoms with van der Waals surface area (Å²) in [5, 5.41) is 0. The first kappa shape index (κ1) is 9.90. The molecule has 0 spiro atoms. The molecule has 3 rings (SSSR count). The van der Waals surface area contributed by atoms with E-state index in [2.05, 4.69) is 22.1 Å². The number of anilines is 2. The Hall–Kier alpha value is -2.30. The molecule has 1 aliphatic rings. The van der Waals surface area contributed by atoms with Gasteiger partial charge >= 0.3 is 7.55 Å². The van der Waals surface area contributed by atoms with Crippen molar-refractivity contribution in [1.82, 2.24) is 9.97 Å². The molecule has 1 aromatic carbocycles. The lowest BCUT2D eigenvalue weighted by molar-refractivity contribution is 1.16. The molecule has 1 radical (unpaired) electrons. The zero-order valence-electron chi connectivity index (χ0n) is 9.14. The highest BCUT2D eigenvalue weighted by molar-refractivity contribution is 6.49. The van der Waals surface area contributed by atoms with Gasteiger partial charge in [-0.2, -0.15) is 0 Å². The van der Waals surface area contributed by atoms with Crippen LogP contribution in [0, 0.1) is 0 Å². The van der Waals surface area contributed by atoms with Gasteiger partial charge in [0.05, 0.1) is 6.20 Å². The summed E-state index contributed by atoms with van der Waals surface area (Å²) in [4.78, 5) is 12.3. The fourth-order valence-electron chi connectivity index (χ4n) is 1.67. The van der Waals surface area contributed by atoms with Crippen LogP contribution < -0.4 is 9.62 Å². The Kier molecular flexibility index (Phi) is 2.50. The van der Waals surface area contributed by atoms with Crippen molar-refractivity contribution in [2.45, 2.75) is 0 Å². The Labute approximate surface area is 101 Å². The van der Waals surface area contributed by atoms with E-state index >= 15 is 0 Å². The predicted molar refractivity (Wildman–Crippen MR) is 68.3 cm³/mol. The lowest BCUT2D eigenvalue weighted by atomic mass is 10.1. The standard InChI is InChI=1S/C12H10BN4/c1-2-4-11(5-3-1)16-8-9-17(13-16)12-10-14-6-7-15-12/h1-10H. The molecule has 0 aliphatic carbocycles. The Balaban J connectivity index is 1.78. The molecule has 0 saturated heterocycles. The normalized spacial score (nSPS) is 13.9. The first-order valence-corrected chi connectivity index (χ1v) is 5.34. The van der Waals surface area contributed by atoms with E-state index in [9.17, 15) is 0 Å². The van der Waals surface area contributed by atoms with Crippen LogP contribution in [-0.2, 0) is 0 Å². The van der Waals surface area contributed by atoms with Gasteiger partial charge in [0.15, 0.2) is 0 Å². The summed E-state index contributed by atoms with van der Waals surface area (Å²) in [5.41, 5.74) is 1.12. The summed E-state index contributed by atoms with van der Waals surface area (Å²) in [6.07, 6.45) is 9.02. The van der Waals surface area contributed by atoms with E-state index in [-0.39, 0.29) is 0 Å². The van der Waals surface area contributed by atoms with E-state index in [0.29, 0.717) is 0 Å². The Morgan fingerprint density at radius 1 is 0.941 bits per heavy atom. The predicted octanol–water partition coefficient (Wildman–Crippen LogP) is 1.81. The number of benzene rings is 1. The van der Waals surface area contributed by atoms with Crippen molar-refractivity contribution < 1.29 is 0 Å². The van der Waals surface area contributed by atoms with E-state index in [0.717, 1.165) is 11.5 Å². The lowest BCUT2D eigenvalue weighted by Crippen LogP contribution is -2.29. The minimum Gasteiger partial charge on any atom is -0.374 e. The Morgan fingerprint density at radius 2 is 1.76 bits per heavy atom. The van der Waals surface area contributed by atoms with Crippen molar-refractivity contribution in [2.24, 2.45) is 0 Å². The van der Waals surface area contributed by atoms with Gasteiger partial charge < -0.3 is 9.62 Å². The van der Waals surface area contributed by atoms with Crippen LogP contribution in [0.4, 0.5) is 11.5 Å². The molecule has 4 nitrogen and oxygen atoms in total. The number of nitrogens with zero attached hydrogens (tertiary/aromatic N) is 4. The van der Waals surface area contributed by atoms with Crippen LogP contribution in [0.15, 0.2) is 61.3 Å². The molecule has 2 aromatic rings. The second-order valence-corrected chi connectivity index (χ2v) is 3.63. The molecule has 0 N–H and O–H groups in total. The van der Waals surface area contributed by atoms with Gasteiger partial charge in [-0.1, -0.05) is 18.2 Å². The first-order chi connectivity index (χ1) is 8.43. The van der Waals surface area contributed by atoms with Crippen LogP contribution in [-0.4, -0.2) is 17.5 Å². The molecule has 0 atom stereocenters. The Morgan fingerprint density at radius 3 is 2.53 bits per heavy atom. The van der Waals surface area contributed by atoms with Crippen LogP contribution in [0.5, 0.6) is 0 Å². The van der Waals surface area contributed by atoms with Crippen LogP contribution >= 0.6 is 0 Å². The highest BCUT2D eigenvalue weighted by Crippen LogP contribution is 2.19. The zero-order valence-corrected chi connectivity index (χ0v) is 9.14. The van der Waals surface area contributed by atoms with Crippen LogP contribution in [0.3, 0.4) is 0 Å². The van der Waals surface area contributed by atoms with Gasteiger partial charge in [0.25, 0.3) is 0 Å². The minimum atomic E-state index is 0.808. The summed E-state index contributed by atoms with van der Waals surface area (Å²) in [6, 6.07) is 10.1. The number of hydrogen-bond acceptors (Lipinski definition) is 4. The molecule has 5 heteroatoms. The van der Waals surface area contributed by atoms with Gasteiger partial charge in [0.2, 0.25) is 0 Å². The van der Waals surface area contributed by atoms with Crippen molar-refractivity contribution >= 4 is 19.1 Å². The Bertz CT molecular complexity index is 467. The highest BCUT2D eigenvalue weighted by Gasteiger charge is 2.19. The molecule has 2 heterocycles. The minimum absolute atomic E-state index is 0.808. The molecule has 0 bridgehead atoms. The third-order valence-electron chi connectivity index (χ3n) is 2.51. The summed E-state index contributed by atoms with van der Waals surface area (Å²) < 4.78 is 0. The fourth-order valence-corrected chi connectivity index (χ4v) is 1.67. The second-order valence-electron chi connectivity index (χ2n) is 3.63. The molecule has 0 saturated carbocycles. The molecule has 81 valence electrons. The molecule has 1 aromatic heterocycles. The van der Waals surface area contributed by atoms with Gasteiger partial charge in [-0.25, -0.2) is 4.98 Å². The molecule has 0 fully saturated rings. The zero-order chi connectivity index (χ0) is 11.5. The smallest absolute Gasteiger partial charge is 0.374 e. The largest absolute Gasteiger partial charge is 0.401 e. The highest BCUT2D eigenvalue weighted by atomic mass is 15.3. The van der Waals surface area contributed by atoms with Gasteiger partial charge in [-0.3, -0.25) is 4.98 Å². The van der Waals surface area contributed by atoms with E-state index in [4.69, 9.17) is 0 Å². The van der Waals surface area contributed by atoms with Gasteiger partial charge in [0, 0.05) is 30.5 Å². The summed E-state index contributed by atoms with van der Waals surface area (Å²) in [7, 11) is 1.97. The van der Waals surface area contributed by atoms with Crippen molar-refractivity contribution in [1.29, 1.82) is 0 Å². The molecular weight excluding hydrogens is 211 g/mol. The SMILES string of the molecule is [B]1N(c2ccccc2)C=CN1c1cnccn1. The average molecular weight is 221 g/mol. The van der Waals surface area contributed by atoms with Crippen molar-refractivity contribution in [3.8, 4) is 0 Å². The van der Waals surface area contributed by atoms with Crippen molar-refractivity contribution in [3.05, 3.63) is 61.3 Å². The third kappa shape index (κ3) is 1.99. The third-order valence-corrected chi connectivity index (χ3v) is 2.51.